The second-order valence-electron chi connectivity index (χ2n) is 16.0. The highest BCUT2D eigenvalue weighted by Crippen LogP contribution is 2.21. The Hall–Kier alpha value is -6.42. The molecule has 1 saturated heterocycles. The lowest BCUT2D eigenvalue weighted by Gasteiger charge is -2.32. The van der Waals surface area contributed by atoms with Gasteiger partial charge in [-0.2, -0.15) is 0 Å². The van der Waals surface area contributed by atoms with Crippen LogP contribution in [0.1, 0.15) is 62.3 Å². The molecule has 340 valence electrons. The van der Waals surface area contributed by atoms with E-state index >= 15 is 0 Å². The highest BCUT2D eigenvalue weighted by Gasteiger charge is 2.41. The minimum Gasteiger partial charge on any atom is -0.461 e. The first-order valence-electron chi connectivity index (χ1n) is 21.5. The first kappa shape index (κ1) is 48.6. The number of likely N-dealkylation sites (tertiary alicyclic amines) is 1. The van der Waals surface area contributed by atoms with Gasteiger partial charge in [0.1, 0.15) is 31.3 Å². The summed E-state index contributed by atoms with van der Waals surface area (Å²) in [6.07, 6.45) is -0.525. The lowest BCUT2D eigenvalue weighted by molar-refractivity contribution is -0.154. The second-order valence-corrected chi connectivity index (χ2v) is 16.0. The fourth-order valence-corrected chi connectivity index (χ4v) is 6.98. The van der Waals surface area contributed by atoms with Crippen LogP contribution in [0.25, 0.3) is 0 Å². The van der Waals surface area contributed by atoms with Crippen LogP contribution in [0.4, 0.5) is 0 Å². The minimum absolute atomic E-state index is 0.0192. The fraction of sp³-hybridized carbons (Fsp3) is 0.388. The van der Waals surface area contributed by atoms with Gasteiger partial charge in [0.2, 0.25) is 23.6 Å². The van der Waals surface area contributed by atoms with Gasteiger partial charge in [-0.25, -0.2) is 4.79 Å². The van der Waals surface area contributed by atoms with Crippen molar-refractivity contribution < 1.29 is 47.7 Å². The number of esters is 2. The van der Waals surface area contributed by atoms with Crippen molar-refractivity contribution in [2.45, 2.75) is 103 Å². The van der Waals surface area contributed by atoms with Crippen LogP contribution in [-0.2, 0) is 74.1 Å². The monoisotopic (exact) mass is 877 g/mol. The smallest absolute Gasteiger partial charge is 0.331 e. The molecule has 4 aromatic carbocycles. The van der Waals surface area contributed by atoms with Crippen LogP contribution >= 0.6 is 0 Å². The Morgan fingerprint density at radius 3 is 1.69 bits per heavy atom. The molecule has 0 aromatic heterocycles. The van der Waals surface area contributed by atoms with Gasteiger partial charge in [0.05, 0.1) is 38.4 Å². The van der Waals surface area contributed by atoms with Crippen molar-refractivity contribution in [3.63, 3.8) is 0 Å². The molecule has 5 rings (SSSR count). The molecule has 5 N–H and O–H groups in total. The van der Waals surface area contributed by atoms with Gasteiger partial charge in [-0.3, -0.25) is 24.0 Å². The maximum Gasteiger partial charge on any atom is 0.331 e. The lowest BCUT2D eigenvalue weighted by Crippen LogP contribution is -2.60. The van der Waals surface area contributed by atoms with Crippen LogP contribution < -0.4 is 21.7 Å². The molecule has 4 aromatic rings. The SMILES string of the molecule is CC(C)[C@H](NC(=O)[C@@H](N)CC(=O)OCc1ccccc1)C(=O)N1CCC[C@H]1C(=O)N[C@@H](COCc1ccccc1)C(=O)N[C@H](C(=O)OCc1ccccc1)[C@@H](C)OCc1ccccc1. The maximum atomic E-state index is 14.2. The Balaban J connectivity index is 1.27. The number of ether oxygens (including phenoxy) is 4. The zero-order valence-electron chi connectivity index (χ0n) is 36.6. The summed E-state index contributed by atoms with van der Waals surface area (Å²) in [5.74, 6) is -4.46. The maximum absolute atomic E-state index is 14.2. The van der Waals surface area contributed by atoms with E-state index in [1.54, 1.807) is 32.9 Å². The standard InChI is InChI=1S/C49H59N5O10/c1-33(2)43(52-45(56)39(50)27-42(55)63-30-37-21-12-6-13-22-37)48(59)54-26-16-25-41(54)47(58)51-40(32-61-28-35-17-8-4-9-18-35)46(57)53-44(34(3)62-29-36-19-10-5-11-20-36)49(60)64-31-38-23-14-7-15-24-38/h4-15,17-24,33-34,39-41,43-44H,16,25-32,50H2,1-3H3,(H,51,58)(H,52,56)(H,53,57)/t34-,39+,40+,41+,43+,44+/m1/s1. The molecule has 0 aliphatic carbocycles. The van der Waals surface area contributed by atoms with E-state index in [2.05, 4.69) is 16.0 Å². The minimum atomic E-state index is -1.32. The zero-order valence-corrected chi connectivity index (χ0v) is 36.6. The number of nitrogens with zero attached hydrogens (tertiary/aromatic N) is 1. The van der Waals surface area contributed by atoms with Crippen molar-refractivity contribution in [2.24, 2.45) is 11.7 Å². The lowest BCUT2D eigenvalue weighted by atomic mass is 10.0. The molecular weight excluding hydrogens is 819 g/mol. The number of hydrogen-bond donors (Lipinski definition) is 4. The van der Waals surface area contributed by atoms with Crippen molar-refractivity contribution in [3.05, 3.63) is 144 Å². The second kappa shape index (κ2) is 25.0. The molecule has 15 nitrogen and oxygen atoms in total. The van der Waals surface area contributed by atoms with E-state index in [0.717, 1.165) is 22.3 Å². The van der Waals surface area contributed by atoms with Gasteiger partial charge in [-0.15, -0.1) is 0 Å². The number of rotatable bonds is 23. The summed E-state index contributed by atoms with van der Waals surface area (Å²) in [5.41, 5.74) is 9.30. The first-order chi connectivity index (χ1) is 30.9. The first-order valence-corrected chi connectivity index (χ1v) is 21.5. The highest BCUT2D eigenvalue weighted by atomic mass is 16.5. The molecular formula is C49H59N5O10. The summed E-state index contributed by atoms with van der Waals surface area (Å²) < 4.78 is 23.0. The topological polar surface area (TPSA) is 205 Å². The van der Waals surface area contributed by atoms with Crippen molar-refractivity contribution in [1.82, 2.24) is 20.9 Å². The van der Waals surface area contributed by atoms with E-state index in [-0.39, 0.29) is 46.0 Å². The van der Waals surface area contributed by atoms with Gasteiger partial charge < -0.3 is 45.5 Å². The Bertz CT molecular complexity index is 2110. The van der Waals surface area contributed by atoms with Gasteiger partial charge in [-0.05, 0) is 47.9 Å². The summed E-state index contributed by atoms with van der Waals surface area (Å²) in [4.78, 5) is 83.4. The number of nitrogens with one attached hydrogen (secondary N) is 3. The number of carbonyl (C=O) groups is 6. The Morgan fingerprint density at radius 2 is 1.14 bits per heavy atom. The van der Waals surface area contributed by atoms with Crippen LogP contribution in [0.2, 0.25) is 0 Å². The van der Waals surface area contributed by atoms with E-state index in [0.29, 0.717) is 6.42 Å². The van der Waals surface area contributed by atoms with Crippen molar-refractivity contribution >= 4 is 35.6 Å². The molecule has 64 heavy (non-hydrogen) atoms. The third kappa shape index (κ3) is 15.1. The summed E-state index contributed by atoms with van der Waals surface area (Å²) in [7, 11) is 0. The van der Waals surface area contributed by atoms with E-state index in [9.17, 15) is 28.8 Å². The third-order valence-electron chi connectivity index (χ3n) is 10.7. The van der Waals surface area contributed by atoms with Crippen LogP contribution in [0.3, 0.4) is 0 Å². The Kier molecular flexibility index (Phi) is 19.0. The van der Waals surface area contributed by atoms with Crippen molar-refractivity contribution in [1.29, 1.82) is 0 Å². The number of hydrogen-bond acceptors (Lipinski definition) is 11. The average Bonchev–Trinajstić information content (AvgIpc) is 3.81. The van der Waals surface area contributed by atoms with E-state index in [1.165, 1.54) is 4.90 Å². The highest BCUT2D eigenvalue weighted by molar-refractivity contribution is 5.96. The largest absolute Gasteiger partial charge is 0.461 e. The summed E-state index contributed by atoms with van der Waals surface area (Å²) in [6.45, 7) is 5.30. The van der Waals surface area contributed by atoms with Crippen LogP contribution in [0, 0.1) is 5.92 Å². The van der Waals surface area contributed by atoms with Gasteiger partial charge >= 0.3 is 11.9 Å². The quantitative estimate of drug-likeness (QED) is 0.0781. The average molecular weight is 878 g/mol. The molecule has 4 amide bonds. The van der Waals surface area contributed by atoms with Crippen molar-refractivity contribution in [2.75, 3.05) is 13.2 Å². The van der Waals surface area contributed by atoms with Crippen LogP contribution in [-0.4, -0.2) is 89.9 Å². The summed E-state index contributed by atoms with van der Waals surface area (Å²) >= 11 is 0. The molecule has 0 radical (unpaired) electrons. The van der Waals surface area contributed by atoms with E-state index in [4.69, 9.17) is 24.7 Å². The molecule has 1 heterocycles. The molecule has 6 atom stereocenters. The number of nitrogens with two attached hydrogens (primary N) is 1. The molecule has 15 heteroatoms. The molecule has 0 unspecified atom stereocenters. The van der Waals surface area contributed by atoms with Gasteiger partial charge in [0.25, 0.3) is 0 Å². The number of benzene rings is 4. The van der Waals surface area contributed by atoms with Gasteiger partial charge in [0.15, 0.2) is 6.04 Å². The molecule has 0 spiro atoms. The predicted molar refractivity (Wildman–Crippen MR) is 237 cm³/mol. The van der Waals surface area contributed by atoms with Gasteiger partial charge in [-0.1, -0.05) is 135 Å². The van der Waals surface area contributed by atoms with E-state index in [1.807, 2.05) is 109 Å². The van der Waals surface area contributed by atoms with E-state index < -0.39 is 84.2 Å². The fourth-order valence-electron chi connectivity index (χ4n) is 6.98. The van der Waals surface area contributed by atoms with Crippen LogP contribution in [0.5, 0.6) is 0 Å². The third-order valence-corrected chi connectivity index (χ3v) is 10.7. The van der Waals surface area contributed by atoms with Crippen molar-refractivity contribution in [3.8, 4) is 0 Å². The molecule has 0 bridgehead atoms. The molecule has 1 fully saturated rings. The number of amides is 4. The summed E-state index contributed by atoms with van der Waals surface area (Å²) in [5, 5.41) is 8.22. The molecule has 1 aliphatic heterocycles. The molecule has 1 aliphatic rings. The Labute approximate surface area is 374 Å². The van der Waals surface area contributed by atoms with Crippen LogP contribution in [0.15, 0.2) is 121 Å². The normalized spacial score (nSPS) is 15.8. The molecule has 0 saturated carbocycles. The predicted octanol–water partition coefficient (Wildman–Crippen LogP) is 4.11. The van der Waals surface area contributed by atoms with Gasteiger partial charge in [0, 0.05) is 6.54 Å². The number of carbonyl (C=O) groups excluding carboxylic acids is 6. The zero-order chi connectivity index (χ0) is 45.8. The Morgan fingerprint density at radius 1 is 0.641 bits per heavy atom. The summed E-state index contributed by atoms with van der Waals surface area (Å²) in [6, 6.07) is 30.8.